The number of rotatable bonds is 7. The average molecular weight is 240 g/mol. The smallest absolute Gasteiger partial charge is 0.217 e. The average Bonchev–Trinajstić information content (AvgIpc) is 2.25. The minimum Gasteiger partial charge on any atom is -0.370 e. The molecule has 0 aromatic carbocycles. The molecule has 0 saturated carbocycles. The fraction of sp³-hybridized carbons (Fsp3) is 0.846. The molecule has 1 fully saturated rings. The Morgan fingerprint density at radius 3 is 2.41 bits per heavy atom. The molecule has 0 atom stereocenters. The van der Waals surface area contributed by atoms with Gasteiger partial charge in [-0.15, -0.1) is 0 Å². The summed E-state index contributed by atoms with van der Waals surface area (Å²) < 4.78 is 0. The van der Waals surface area contributed by atoms with Crippen molar-refractivity contribution in [3.63, 3.8) is 0 Å². The number of hydrogen-bond acceptors (Lipinski definition) is 3. The van der Waals surface area contributed by atoms with Crippen molar-refractivity contribution in [2.24, 2.45) is 11.7 Å². The second-order valence-corrected chi connectivity index (χ2v) is 5.11. The minimum atomic E-state index is -0.176. The van der Waals surface area contributed by atoms with Gasteiger partial charge >= 0.3 is 0 Å². The minimum absolute atomic E-state index is 0.176. The summed E-state index contributed by atoms with van der Waals surface area (Å²) in [5.74, 6) is 0.594. The van der Waals surface area contributed by atoms with E-state index < -0.39 is 0 Å². The molecule has 17 heavy (non-hydrogen) atoms. The van der Waals surface area contributed by atoms with Crippen LogP contribution in [0.2, 0.25) is 0 Å². The van der Waals surface area contributed by atoms with Crippen LogP contribution in [-0.4, -0.2) is 36.2 Å². The number of primary amides is 1. The summed E-state index contributed by atoms with van der Waals surface area (Å²) in [4.78, 5) is 24.0. The summed E-state index contributed by atoms with van der Waals surface area (Å²) in [5, 5.41) is 0. The third-order valence-electron chi connectivity index (χ3n) is 3.45. The van der Waals surface area contributed by atoms with E-state index in [1.807, 2.05) is 0 Å². The Morgan fingerprint density at radius 2 is 1.88 bits per heavy atom. The van der Waals surface area contributed by atoms with Crippen molar-refractivity contribution < 1.29 is 9.59 Å². The van der Waals surface area contributed by atoms with Gasteiger partial charge in [0.15, 0.2) is 0 Å². The quantitative estimate of drug-likeness (QED) is 0.683. The summed E-state index contributed by atoms with van der Waals surface area (Å²) in [5.41, 5.74) is 5.20. The van der Waals surface area contributed by atoms with Crippen molar-refractivity contribution in [1.82, 2.24) is 4.90 Å². The number of unbranched alkanes of at least 4 members (excludes halogenated alkanes) is 1. The number of carbonyl (C=O) groups excluding carboxylic acids is 2. The number of likely N-dealkylation sites (tertiary alicyclic amines) is 1. The molecule has 1 aliphatic rings. The summed E-state index contributed by atoms with van der Waals surface area (Å²) in [7, 11) is 0. The first-order valence-electron chi connectivity index (χ1n) is 6.58. The predicted octanol–water partition coefficient (Wildman–Crippen LogP) is 1.33. The van der Waals surface area contributed by atoms with Crippen LogP contribution in [0.15, 0.2) is 0 Å². The van der Waals surface area contributed by atoms with Gasteiger partial charge in [-0.25, -0.2) is 0 Å². The standard InChI is InChI=1S/C13H24N2O2/c1-11(16)4-2-3-7-15-8-5-12(6-9-15)10-13(14)17/h12H,2-10H2,1H3,(H2,14,17). The molecule has 0 bridgehead atoms. The van der Waals surface area contributed by atoms with Gasteiger partial charge in [0.25, 0.3) is 0 Å². The Kier molecular flexibility index (Phi) is 6.19. The van der Waals surface area contributed by atoms with Crippen molar-refractivity contribution in [3.8, 4) is 0 Å². The molecule has 2 N–H and O–H groups in total. The molecule has 1 rings (SSSR count). The molecule has 0 aromatic heterocycles. The monoisotopic (exact) mass is 240 g/mol. The van der Waals surface area contributed by atoms with E-state index in [0.29, 0.717) is 18.8 Å². The molecule has 0 spiro atoms. The lowest BCUT2D eigenvalue weighted by Gasteiger charge is -2.31. The highest BCUT2D eigenvalue weighted by molar-refractivity contribution is 5.75. The molecular weight excluding hydrogens is 216 g/mol. The fourth-order valence-corrected chi connectivity index (χ4v) is 2.41. The second-order valence-electron chi connectivity index (χ2n) is 5.11. The van der Waals surface area contributed by atoms with Gasteiger partial charge < -0.3 is 15.4 Å². The first-order valence-corrected chi connectivity index (χ1v) is 6.58. The van der Waals surface area contributed by atoms with Crippen molar-refractivity contribution >= 4 is 11.7 Å². The largest absolute Gasteiger partial charge is 0.370 e. The maximum Gasteiger partial charge on any atom is 0.217 e. The first-order chi connectivity index (χ1) is 8.08. The normalized spacial score (nSPS) is 18.2. The lowest BCUT2D eigenvalue weighted by molar-refractivity contribution is -0.119. The molecule has 0 aromatic rings. The van der Waals surface area contributed by atoms with Gasteiger partial charge in [0.2, 0.25) is 5.91 Å². The van der Waals surface area contributed by atoms with Crippen LogP contribution in [0.1, 0.15) is 45.4 Å². The van der Waals surface area contributed by atoms with Crippen LogP contribution in [0, 0.1) is 5.92 Å². The van der Waals surface area contributed by atoms with E-state index in [0.717, 1.165) is 45.3 Å². The zero-order valence-electron chi connectivity index (χ0n) is 10.8. The van der Waals surface area contributed by atoms with Gasteiger partial charge in [-0.1, -0.05) is 0 Å². The predicted molar refractivity (Wildman–Crippen MR) is 67.5 cm³/mol. The topological polar surface area (TPSA) is 63.4 Å². The van der Waals surface area contributed by atoms with Gasteiger partial charge in [-0.2, -0.15) is 0 Å². The molecule has 1 amide bonds. The second kappa shape index (κ2) is 7.43. The Hall–Kier alpha value is -0.900. The molecule has 0 aliphatic carbocycles. The van der Waals surface area contributed by atoms with Crippen molar-refractivity contribution in [2.75, 3.05) is 19.6 Å². The molecule has 1 aliphatic heterocycles. The molecule has 4 heteroatoms. The molecular formula is C13H24N2O2. The lowest BCUT2D eigenvalue weighted by Crippen LogP contribution is -2.35. The van der Waals surface area contributed by atoms with Crippen LogP contribution in [0.4, 0.5) is 0 Å². The van der Waals surface area contributed by atoms with Gasteiger partial charge in [-0.3, -0.25) is 4.79 Å². The SMILES string of the molecule is CC(=O)CCCCN1CCC(CC(N)=O)CC1. The molecule has 1 saturated heterocycles. The third kappa shape index (κ3) is 6.41. The number of Topliss-reactive ketones (excluding diaryl/α,β-unsaturated/α-hetero) is 1. The van der Waals surface area contributed by atoms with Crippen LogP contribution < -0.4 is 5.73 Å². The Labute approximate surface area is 104 Å². The van der Waals surface area contributed by atoms with Gasteiger partial charge in [0.1, 0.15) is 5.78 Å². The maximum atomic E-state index is 10.8. The highest BCUT2D eigenvalue weighted by Gasteiger charge is 2.19. The van der Waals surface area contributed by atoms with Crippen LogP contribution in [0.5, 0.6) is 0 Å². The van der Waals surface area contributed by atoms with Gasteiger partial charge in [0.05, 0.1) is 0 Å². The van der Waals surface area contributed by atoms with E-state index in [1.165, 1.54) is 0 Å². The zero-order valence-corrected chi connectivity index (χ0v) is 10.8. The van der Waals surface area contributed by atoms with E-state index in [4.69, 9.17) is 5.73 Å². The Balaban J connectivity index is 2.06. The number of hydrogen-bond donors (Lipinski definition) is 1. The molecule has 4 nitrogen and oxygen atoms in total. The van der Waals surface area contributed by atoms with Crippen LogP contribution in [0.25, 0.3) is 0 Å². The molecule has 0 unspecified atom stereocenters. The van der Waals surface area contributed by atoms with Crippen molar-refractivity contribution in [2.45, 2.75) is 45.4 Å². The number of amides is 1. The summed E-state index contributed by atoms with van der Waals surface area (Å²) in [6.07, 6.45) is 5.50. The van der Waals surface area contributed by atoms with Crippen LogP contribution >= 0.6 is 0 Å². The van der Waals surface area contributed by atoms with E-state index in [1.54, 1.807) is 6.92 Å². The van der Waals surface area contributed by atoms with E-state index in [2.05, 4.69) is 4.90 Å². The van der Waals surface area contributed by atoms with Gasteiger partial charge in [-0.05, 0) is 58.2 Å². The number of nitrogens with two attached hydrogens (primary N) is 1. The number of carbonyl (C=O) groups is 2. The first kappa shape index (κ1) is 14.2. The Bertz CT molecular complexity index is 255. The summed E-state index contributed by atoms with van der Waals surface area (Å²) in [6, 6.07) is 0. The van der Waals surface area contributed by atoms with E-state index in [-0.39, 0.29) is 11.7 Å². The van der Waals surface area contributed by atoms with Gasteiger partial charge in [0, 0.05) is 12.8 Å². The number of nitrogens with zero attached hydrogens (tertiary/aromatic N) is 1. The molecule has 0 radical (unpaired) electrons. The number of ketones is 1. The van der Waals surface area contributed by atoms with E-state index in [9.17, 15) is 9.59 Å². The fourth-order valence-electron chi connectivity index (χ4n) is 2.41. The molecule has 98 valence electrons. The van der Waals surface area contributed by atoms with Crippen molar-refractivity contribution in [3.05, 3.63) is 0 Å². The molecule has 1 heterocycles. The highest BCUT2D eigenvalue weighted by atomic mass is 16.1. The summed E-state index contributed by atoms with van der Waals surface area (Å²) >= 11 is 0. The zero-order chi connectivity index (χ0) is 12.7. The maximum absolute atomic E-state index is 10.8. The summed E-state index contributed by atoms with van der Waals surface area (Å²) in [6.45, 7) is 4.86. The van der Waals surface area contributed by atoms with Crippen molar-refractivity contribution in [1.29, 1.82) is 0 Å². The van der Waals surface area contributed by atoms with Crippen LogP contribution in [0.3, 0.4) is 0 Å². The Morgan fingerprint density at radius 1 is 1.24 bits per heavy atom. The van der Waals surface area contributed by atoms with Crippen LogP contribution in [-0.2, 0) is 9.59 Å². The van der Waals surface area contributed by atoms with E-state index >= 15 is 0 Å². The highest BCUT2D eigenvalue weighted by Crippen LogP contribution is 2.20. The third-order valence-corrected chi connectivity index (χ3v) is 3.45. The number of piperidine rings is 1. The lowest BCUT2D eigenvalue weighted by atomic mass is 9.93.